The predicted molar refractivity (Wildman–Crippen MR) is 129 cm³/mol. The van der Waals surface area contributed by atoms with Gasteiger partial charge in [-0.3, -0.25) is 4.98 Å². The van der Waals surface area contributed by atoms with Crippen LogP contribution in [0, 0.1) is 0 Å². The predicted octanol–water partition coefficient (Wildman–Crippen LogP) is 2.92. The van der Waals surface area contributed by atoms with Gasteiger partial charge in [-0.25, -0.2) is 9.97 Å². The molecular formula is C24H31BN5O2. The molecule has 1 aromatic carbocycles. The van der Waals surface area contributed by atoms with Crippen molar-refractivity contribution >= 4 is 35.5 Å². The molecule has 4 rings (SSSR count). The molecule has 1 saturated heterocycles. The fourth-order valence-electron chi connectivity index (χ4n) is 3.57. The number of anilines is 2. The molecule has 2 N–H and O–H groups in total. The van der Waals surface area contributed by atoms with Gasteiger partial charge in [-0.2, -0.15) is 0 Å². The van der Waals surface area contributed by atoms with Crippen LogP contribution in [0.2, 0.25) is 0 Å². The maximum absolute atomic E-state index is 10.3. The second-order valence-corrected chi connectivity index (χ2v) is 9.43. The summed E-state index contributed by atoms with van der Waals surface area (Å²) < 4.78 is 5.86. The molecule has 2 aromatic heterocycles. The number of aliphatic hydroxyl groups is 1. The van der Waals surface area contributed by atoms with Crippen molar-refractivity contribution in [3.05, 3.63) is 48.9 Å². The van der Waals surface area contributed by atoms with Gasteiger partial charge in [-0.05, 0) is 58.7 Å². The Labute approximate surface area is 190 Å². The van der Waals surface area contributed by atoms with Crippen LogP contribution >= 0.6 is 0 Å². The minimum atomic E-state index is -0.960. The highest BCUT2D eigenvalue weighted by Crippen LogP contribution is 2.24. The molecule has 0 aliphatic carbocycles. The van der Waals surface area contributed by atoms with Crippen molar-refractivity contribution in [1.29, 1.82) is 0 Å². The quantitative estimate of drug-likeness (QED) is 0.556. The molecule has 1 fully saturated rings. The Kier molecular flexibility index (Phi) is 6.35. The van der Waals surface area contributed by atoms with E-state index in [4.69, 9.17) is 9.64 Å². The van der Waals surface area contributed by atoms with Crippen LogP contribution in [0.25, 0.3) is 10.9 Å². The first-order chi connectivity index (χ1) is 15.2. The third-order valence-electron chi connectivity index (χ3n) is 6.42. The summed E-state index contributed by atoms with van der Waals surface area (Å²) in [5.74, 6) is 0.663. The molecule has 8 heteroatoms. The summed E-state index contributed by atoms with van der Waals surface area (Å²) in [4.78, 5) is 15.7. The average molecular weight is 432 g/mol. The van der Waals surface area contributed by atoms with Crippen molar-refractivity contribution in [3.63, 3.8) is 0 Å². The van der Waals surface area contributed by atoms with Gasteiger partial charge in [0.25, 0.3) is 0 Å². The average Bonchev–Trinajstić information content (AvgIpc) is 2.78. The van der Waals surface area contributed by atoms with E-state index in [2.05, 4.69) is 32.3 Å². The SMILES string of the molecule is CC(C)(O)C(C)(C)O[B]c1ccc2nc(NC3CCN(c4ccncc4)CC3)ncc2c1. The van der Waals surface area contributed by atoms with Gasteiger partial charge in [0, 0.05) is 48.8 Å². The van der Waals surface area contributed by atoms with Crippen LogP contribution < -0.4 is 15.7 Å². The van der Waals surface area contributed by atoms with Gasteiger partial charge in [0.1, 0.15) is 0 Å². The molecule has 3 heterocycles. The zero-order chi connectivity index (χ0) is 22.8. The lowest BCUT2D eigenvalue weighted by Crippen LogP contribution is -2.49. The van der Waals surface area contributed by atoms with Gasteiger partial charge in [-0.1, -0.05) is 17.6 Å². The van der Waals surface area contributed by atoms with E-state index in [1.807, 2.05) is 50.6 Å². The normalized spacial score (nSPS) is 15.7. The third-order valence-corrected chi connectivity index (χ3v) is 6.42. The molecule has 1 aliphatic heterocycles. The van der Waals surface area contributed by atoms with E-state index < -0.39 is 11.2 Å². The number of rotatable bonds is 7. The summed E-state index contributed by atoms with van der Waals surface area (Å²) in [6.07, 6.45) is 7.59. The molecule has 3 aromatic rings. The Bertz CT molecular complexity index is 1050. The van der Waals surface area contributed by atoms with Crippen molar-refractivity contribution in [2.24, 2.45) is 0 Å². The fourth-order valence-corrected chi connectivity index (χ4v) is 3.57. The summed E-state index contributed by atoms with van der Waals surface area (Å²) in [6.45, 7) is 9.21. The topological polar surface area (TPSA) is 83.4 Å². The van der Waals surface area contributed by atoms with Crippen LogP contribution in [0.3, 0.4) is 0 Å². The van der Waals surface area contributed by atoms with Crippen molar-refractivity contribution in [2.45, 2.75) is 57.8 Å². The van der Waals surface area contributed by atoms with Gasteiger partial charge >= 0.3 is 7.48 Å². The Morgan fingerprint density at radius 2 is 1.81 bits per heavy atom. The number of fused-ring (bicyclic) bond motifs is 1. The van der Waals surface area contributed by atoms with E-state index in [0.717, 1.165) is 42.3 Å². The molecule has 0 unspecified atom stereocenters. The van der Waals surface area contributed by atoms with Gasteiger partial charge in [0.05, 0.1) is 16.7 Å². The van der Waals surface area contributed by atoms with Crippen molar-refractivity contribution in [3.8, 4) is 0 Å². The second kappa shape index (κ2) is 9.04. The fraction of sp³-hybridized carbons (Fsp3) is 0.458. The lowest BCUT2D eigenvalue weighted by molar-refractivity contribution is -0.0893. The lowest BCUT2D eigenvalue weighted by atomic mass is 9.82. The number of hydrogen-bond acceptors (Lipinski definition) is 7. The first-order valence-corrected chi connectivity index (χ1v) is 11.1. The van der Waals surface area contributed by atoms with Crippen LogP contribution in [0.1, 0.15) is 40.5 Å². The molecule has 7 nitrogen and oxygen atoms in total. The second-order valence-electron chi connectivity index (χ2n) is 9.43. The third kappa shape index (κ3) is 5.19. The molecular weight excluding hydrogens is 401 g/mol. The smallest absolute Gasteiger partial charge is 0.330 e. The van der Waals surface area contributed by atoms with Crippen LogP contribution in [0.4, 0.5) is 11.6 Å². The first-order valence-electron chi connectivity index (χ1n) is 11.1. The standard InChI is InChI=1S/C24H31BN5O2/c1-23(2,31)24(3,4)32-25-18-5-6-21-17(15-18)16-27-22(29-21)28-19-9-13-30(14-10-19)20-7-11-26-12-8-20/h5-8,11-12,15-16,19,31H,9-10,13-14H2,1-4H3,(H,27,28,29). The Balaban J connectivity index is 1.36. The number of benzene rings is 1. The monoisotopic (exact) mass is 432 g/mol. The summed E-state index contributed by atoms with van der Waals surface area (Å²) in [6, 6.07) is 10.4. The largest absolute Gasteiger partial charge is 0.427 e. The van der Waals surface area contributed by atoms with Crippen molar-refractivity contribution in [2.75, 3.05) is 23.3 Å². The maximum atomic E-state index is 10.3. The molecule has 32 heavy (non-hydrogen) atoms. The molecule has 0 amide bonds. The summed E-state index contributed by atoms with van der Waals surface area (Å²) in [5.41, 5.74) is 1.35. The summed E-state index contributed by atoms with van der Waals surface area (Å²) in [7, 11) is 1.68. The van der Waals surface area contributed by atoms with Crippen LogP contribution in [-0.2, 0) is 4.65 Å². The summed E-state index contributed by atoms with van der Waals surface area (Å²) in [5, 5.41) is 14.7. The van der Waals surface area contributed by atoms with E-state index in [0.29, 0.717) is 12.0 Å². The van der Waals surface area contributed by atoms with E-state index in [9.17, 15) is 5.11 Å². The highest BCUT2D eigenvalue weighted by molar-refractivity contribution is 6.47. The van der Waals surface area contributed by atoms with E-state index in [1.54, 1.807) is 21.3 Å². The van der Waals surface area contributed by atoms with Crippen molar-refractivity contribution in [1.82, 2.24) is 15.0 Å². The van der Waals surface area contributed by atoms with Gasteiger partial charge in [0.15, 0.2) is 0 Å². The highest BCUT2D eigenvalue weighted by Gasteiger charge is 2.35. The number of nitrogens with one attached hydrogen (secondary N) is 1. The zero-order valence-electron chi connectivity index (χ0n) is 19.2. The van der Waals surface area contributed by atoms with Crippen molar-refractivity contribution < 1.29 is 9.76 Å². The summed E-state index contributed by atoms with van der Waals surface area (Å²) >= 11 is 0. The van der Waals surface area contributed by atoms with E-state index >= 15 is 0 Å². The molecule has 0 spiro atoms. The Morgan fingerprint density at radius 1 is 1.09 bits per heavy atom. The molecule has 167 valence electrons. The number of piperidine rings is 1. The molecule has 0 atom stereocenters. The van der Waals surface area contributed by atoms with Gasteiger partial charge in [-0.15, -0.1) is 0 Å². The molecule has 1 radical (unpaired) electrons. The Hall–Kier alpha value is -2.71. The van der Waals surface area contributed by atoms with Gasteiger partial charge in [0.2, 0.25) is 5.95 Å². The number of pyridine rings is 1. The molecule has 1 aliphatic rings. The number of hydrogen-bond donors (Lipinski definition) is 2. The van der Waals surface area contributed by atoms with Gasteiger partial charge < -0.3 is 20.0 Å². The maximum Gasteiger partial charge on any atom is 0.330 e. The Morgan fingerprint density at radius 3 is 2.50 bits per heavy atom. The number of nitrogens with zero attached hydrogens (tertiary/aromatic N) is 4. The highest BCUT2D eigenvalue weighted by atomic mass is 16.5. The molecule has 0 bridgehead atoms. The molecule has 0 saturated carbocycles. The van der Waals surface area contributed by atoms with E-state index in [-0.39, 0.29) is 0 Å². The van der Waals surface area contributed by atoms with Crippen LogP contribution in [-0.4, -0.2) is 57.9 Å². The minimum absolute atomic E-state index is 0.357. The van der Waals surface area contributed by atoms with Crippen LogP contribution in [0.5, 0.6) is 0 Å². The van der Waals surface area contributed by atoms with Crippen LogP contribution in [0.15, 0.2) is 48.9 Å². The minimum Gasteiger partial charge on any atom is -0.427 e. The number of aromatic nitrogens is 3. The first kappa shape index (κ1) is 22.5. The zero-order valence-corrected chi connectivity index (χ0v) is 19.2. The van der Waals surface area contributed by atoms with E-state index in [1.165, 1.54) is 5.69 Å². The lowest BCUT2D eigenvalue weighted by Gasteiger charge is -2.37.